The lowest BCUT2D eigenvalue weighted by Gasteiger charge is -2.36. The second-order valence-electron chi connectivity index (χ2n) is 10.7. The van der Waals surface area contributed by atoms with E-state index in [1.807, 2.05) is 25.7 Å². The van der Waals surface area contributed by atoms with Crippen molar-refractivity contribution in [1.82, 2.24) is 14.5 Å². The van der Waals surface area contributed by atoms with E-state index in [4.69, 9.17) is 32.7 Å². The molecule has 0 unspecified atom stereocenters. The zero-order valence-corrected chi connectivity index (χ0v) is 24.7. The first-order valence-electron chi connectivity index (χ1n) is 12.7. The van der Waals surface area contributed by atoms with Crippen LogP contribution in [0.15, 0.2) is 27.9 Å². The zero-order chi connectivity index (χ0) is 28.9. The van der Waals surface area contributed by atoms with Crippen molar-refractivity contribution >= 4 is 57.8 Å². The summed E-state index contributed by atoms with van der Waals surface area (Å²) in [7, 11) is 1.56. The van der Waals surface area contributed by atoms with Crippen LogP contribution >= 0.6 is 35.0 Å². The molecule has 2 aliphatic heterocycles. The second-order valence-corrected chi connectivity index (χ2v) is 12.5. The van der Waals surface area contributed by atoms with E-state index in [1.165, 1.54) is 22.4 Å². The van der Waals surface area contributed by atoms with Crippen molar-refractivity contribution in [3.8, 4) is 11.1 Å². The number of carbonyl (C=O) groups is 1. The number of nitrogens with zero attached hydrogens (tertiary/aromatic N) is 4. The topological polar surface area (TPSA) is 76.9 Å². The Balaban J connectivity index is 1.64. The summed E-state index contributed by atoms with van der Waals surface area (Å²) in [5, 5.41) is 0.559. The normalized spacial score (nSPS) is 17.8. The molecular weight excluding hydrogens is 585 g/mol. The van der Waals surface area contributed by atoms with Gasteiger partial charge in [0.05, 0.1) is 28.2 Å². The van der Waals surface area contributed by atoms with Crippen molar-refractivity contribution in [3.05, 3.63) is 50.4 Å². The SMILES string of the molecule is CO[C@H]1CSc2c(-c3cc(Cl)c(F)cc3F)c(Cl)cc3c(N4CCN(C(=O)OC(C)(C)C)CC4)nc(=O)n(c23)C1. The number of benzene rings is 2. The molecule has 13 heteroatoms. The van der Waals surface area contributed by atoms with Gasteiger partial charge < -0.3 is 19.3 Å². The lowest BCUT2D eigenvalue weighted by atomic mass is 10.0. The molecule has 0 saturated carbocycles. The average molecular weight is 614 g/mol. The first kappa shape index (κ1) is 28.9. The van der Waals surface area contributed by atoms with E-state index in [-0.39, 0.29) is 28.3 Å². The lowest BCUT2D eigenvalue weighted by molar-refractivity contribution is 0.0240. The van der Waals surface area contributed by atoms with Crippen LogP contribution in [0.2, 0.25) is 10.0 Å². The van der Waals surface area contributed by atoms with Crippen molar-refractivity contribution < 1.29 is 23.0 Å². The molecule has 1 fully saturated rings. The van der Waals surface area contributed by atoms with E-state index in [0.717, 1.165) is 6.07 Å². The molecule has 1 amide bonds. The second kappa shape index (κ2) is 11.0. The number of methoxy groups -OCH3 is 1. The number of hydrogen-bond acceptors (Lipinski definition) is 7. The molecule has 2 aliphatic rings. The van der Waals surface area contributed by atoms with Gasteiger partial charge in [-0.2, -0.15) is 4.98 Å². The Hall–Kier alpha value is -2.60. The Morgan fingerprint density at radius 2 is 1.77 bits per heavy atom. The molecule has 1 saturated heterocycles. The van der Waals surface area contributed by atoms with E-state index in [1.54, 1.807) is 18.1 Å². The standard InChI is InChI=1S/C27H28Cl2F2N4O4S/c1-27(2,3)39-26(37)34-7-5-33(6-8-34)24-16-10-18(29)21(15-9-17(28)20(31)11-19(15)30)23-22(16)35(25(36)32-24)12-14(38-4)13-40-23/h9-11,14H,5-8,12-13H2,1-4H3/t14-/m1/s1. The number of amides is 1. The third kappa shape index (κ3) is 5.48. The summed E-state index contributed by atoms with van der Waals surface area (Å²) in [6.45, 7) is 7.24. The Kier molecular flexibility index (Phi) is 7.95. The van der Waals surface area contributed by atoms with Crippen LogP contribution in [0.25, 0.3) is 22.0 Å². The molecule has 0 spiro atoms. The molecular formula is C27H28Cl2F2N4O4S. The Bertz CT molecular complexity index is 1550. The molecule has 1 aromatic heterocycles. The average Bonchev–Trinajstić information content (AvgIpc) is 3.08. The van der Waals surface area contributed by atoms with Gasteiger partial charge in [0.25, 0.3) is 0 Å². The molecule has 8 nitrogen and oxygen atoms in total. The van der Waals surface area contributed by atoms with Gasteiger partial charge in [-0.1, -0.05) is 23.2 Å². The summed E-state index contributed by atoms with van der Waals surface area (Å²) >= 11 is 14.2. The fourth-order valence-electron chi connectivity index (χ4n) is 4.88. The Labute approximate surface area is 244 Å². The summed E-state index contributed by atoms with van der Waals surface area (Å²) in [5.41, 5.74) is -0.225. The maximum Gasteiger partial charge on any atom is 0.410 e. The number of carbonyl (C=O) groups excluding carboxylic acids is 1. The molecule has 0 bridgehead atoms. The van der Waals surface area contributed by atoms with Gasteiger partial charge in [-0.05, 0) is 32.9 Å². The summed E-state index contributed by atoms with van der Waals surface area (Å²) in [5.74, 6) is -0.829. The third-order valence-electron chi connectivity index (χ3n) is 6.79. The van der Waals surface area contributed by atoms with E-state index < -0.39 is 29.0 Å². The molecule has 214 valence electrons. The number of piperazine rings is 1. The predicted molar refractivity (Wildman–Crippen MR) is 153 cm³/mol. The maximum atomic E-state index is 15.1. The third-order valence-corrected chi connectivity index (χ3v) is 8.61. The molecule has 5 rings (SSSR count). The van der Waals surface area contributed by atoms with Gasteiger partial charge in [0.2, 0.25) is 0 Å². The van der Waals surface area contributed by atoms with Crippen LogP contribution in [0.4, 0.5) is 19.4 Å². The highest BCUT2D eigenvalue weighted by molar-refractivity contribution is 7.99. The summed E-state index contributed by atoms with van der Waals surface area (Å²) < 4.78 is 41.7. The first-order valence-corrected chi connectivity index (χ1v) is 14.4. The van der Waals surface area contributed by atoms with Crippen molar-refractivity contribution in [2.45, 2.75) is 43.9 Å². The minimum absolute atomic E-state index is 0.0278. The molecule has 1 atom stereocenters. The van der Waals surface area contributed by atoms with Crippen molar-refractivity contribution in [3.63, 3.8) is 0 Å². The highest BCUT2D eigenvalue weighted by Crippen LogP contribution is 2.46. The van der Waals surface area contributed by atoms with Crippen LogP contribution in [0, 0.1) is 11.6 Å². The summed E-state index contributed by atoms with van der Waals surface area (Å²) in [4.78, 5) is 34.6. The van der Waals surface area contributed by atoms with Crippen LogP contribution in [0.1, 0.15) is 20.8 Å². The van der Waals surface area contributed by atoms with Crippen LogP contribution < -0.4 is 10.6 Å². The van der Waals surface area contributed by atoms with Crippen LogP contribution in [0.5, 0.6) is 0 Å². The van der Waals surface area contributed by atoms with Gasteiger partial charge in [0.1, 0.15) is 23.1 Å². The molecule has 2 aromatic carbocycles. The monoisotopic (exact) mass is 612 g/mol. The van der Waals surface area contributed by atoms with E-state index >= 15 is 4.39 Å². The smallest absolute Gasteiger partial charge is 0.410 e. The van der Waals surface area contributed by atoms with Gasteiger partial charge in [0, 0.05) is 66.5 Å². The molecule has 40 heavy (non-hydrogen) atoms. The number of aromatic nitrogens is 2. The Morgan fingerprint density at radius 3 is 2.42 bits per heavy atom. The highest BCUT2D eigenvalue weighted by Gasteiger charge is 2.31. The van der Waals surface area contributed by atoms with E-state index in [2.05, 4.69) is 4.98 Å². The Morgan fingerprint density at radius 1 is 1.07 bits per heavy atom. The largest absolute Gasteiger partial charge is 0.444 e. The van der Waals surface area contributed by atoms with Gasteiger partial charge in [-0.25, -0.2) is 18.4 Å². The molecule has 0 aliphatic carbocycles. The summed E-state index contributed by atoms with van der Waals surface area (Å²) in [6, 6.07) is 3.58. The van der Waals surface area contributed by atoms with E-state index in [9.17, 15) is 14.0 Å². The van der Waals surface area contributed by atoms with Crippen molar-refractivity contribution in [2.24, 2.45) is 0 Å². The number of rotatable bonds is 3. The molecule has 3 aromatic rings. The van der Waals surface area contributed by atoms with Gasteiger partial charge in [-0.15, -0.1) is 11.8 Å². The van der Waals surface area contributed by atoms with Gasteiger partial charge in [-0.3, -0.25) is 4.57 Å². The zero-order valence-electron chi connectivity index (χ0n) is 22.4. The van der Waals surface area contributed by atoms with Crippen molar-refractivity contribution in [1.29, 1.82) is 0 Å². The van der Waals surface area contributed by atoms with Crippen LogP contribution in [-0.2, 0) is 16.0 Å². The van der Waals surface area contributed by atoms with E-state index in [0.29, 0.717) is 59.1 Å². The number of halogens is 4. The van der Waals surface area contributed by atoms with Crippen molar-refractivity contribution in [2.75, 3.05) is 43.9 Å². The minimum atomic E-state index is -0.883. The molecule has 0 radical (unpaired) electrons. The highest BCUT2D eigenvalue weighted by atomic mass is 35.5. The molecule has 0 N–H and O–H groups in total. The number of ether oxygens (including phenoxy) is 2. The first-order chi connectivity index (χ1) is 18.9. The number of thioether (sulfide) groups is 1. The predicted octanol–water partition coefficient (Wildman–Crippen LogP) is 5.83. The number of hydrogen-bond donors (Lipinski definition) is 0. The lowest BCUT2D eigenvalue weighted by Crippen LogP contribution is -2.50. The fraction of sp³-hybridized carbons (Fsp3) is 0.444. The van der Waals surface area contributed by atoms with Crippen LogP contribution in [0.3, 0.4) is 0 Å². The maximum absolute atomic E-state index is 15.1. The van der Waals surface area contributed by atoms with Crippen LogP contribution in [-0.4, -0.2) is 71.3 Å². The quantitative estimate of drug-likeness (QED) is 0.345. The summed E-state index contributed by atoms with van der Waals surface area (Å²) in [6.07, 6.45) is -0.722. The molecule has 3 heterocycles. The number of anilines is 1. The minimum Gasteiger partial charge on any atom is -0.444 e. The van der Waals surface area contributed by atoms with Gasteiger partial charge >= 0.3 is 11.8 Å². The fourth-order valence-corrected chi connectivity index (χ4v) is 6.72. The van der Waals surface area contributed by atoms with Gasteiger partial charge in [0.15, 0.2) is 0 Å².